The van der Waals surface area contributed by atoms with Gasteiger partial charge in [0.1, 0.15) is 0 Å². The van der Waals surface area contributed by atoms with Gasteiger partial charge in [0.25, 0.3) is 5.78 Å². The molecule has 2 aromatic heterocycles. The monoisotopic (exact) mass is 231 g/mol. The van der Waals surface area contributed by atoms with Crippen molar-refractivity contribution in [3.8, 4) is 0 Å². The largest absolute Gasteiger partial charge is 0.310 e. The second-order valence-electron chi connectivity index (χ2n) is 4.86. The van der Waals surface area contributed by atoms with E-state index in [-0.39, 0.29) is 0 Å². The van der Waals surface area contributed by atoms with Crippen LogP contribution in [0.15, 0.2) is 6.07 Å². The highest BCUT2D eigenvalue weighted by molar-refractivity contribution is 5.32. The van der Waals surface area contributed by atoms with Gasteiger partial charge in [0.2, 0.25) is 0 Å². The maximum atomic E-state index is 4.37. The van der Waals surface area contributed by atoms with Crippen molar-refractivity contribution in [1.29, 1.82) is 0 Å². The van der Waals surface area contributed by atoms with E-state index in [4.69, 9.17) is 0 Å². The molecule has 17 heavy (non-hydrogen) atoms. The van der Waals surface area contributed by atoms with E-state index in [0.29, 0.717) is 5.78 Å². The van der Waals surface area contributed by atoms with Gasteiger partial charge in [-0.25, -0.2) is 4.98 Å². The first kappa shape index (κ1) is 10.7. The van der Waals surface area contributed by atoms with Crippen molar-refractivity contribution in [2.75, 3.05) is 6.54 Å². The molecular weight excluding hydrogens is 214 g/mol. The summed E-state index contributed by atoms with van der Waals surface area (Å²) in [7, 11) is 0. The molecule has 0 spiro atoms. The number of nitrogens with zero attached hydrogens (tertiary/aromatic N) is 4. The summed E-state index contributed by atoms with van der Waals surface area (Å²) >= 11 is 0. The molecule has 1 saturated carbocycles. The second-order valence-corrected chi connectivity index (χ2v) is 4.86. The van der Waals surface area contributed by atoms with Crippen LogP contribution < -0.4 is 5.32 Å². The minimum atomic E-state index is 0.700. The number of aryl methyl sites for hydroxylation is 2. The van der Waals surface area contributed by atoms with Gasteiger partial charge in [-0.15, -0.1) is 10.2 Å². The zero-order chi connectivity index (χ0) is 11.8. The van der Waals surface area contributed by atoms with Crippen LogP contribution in [0.1, 0.15) is 30.1 Å². The van der Waals surface area contributed by atoms with E-state index in [1.165, 1.54) is 12.8 Å². The molecule has 0 amide bonds. The van der Waals surface area contributed by atoms with E-state index >= 15 is 0 Å². The van der Waals surface area contributed by atoms with Gasteiger partial charge in [-0.3, -0.25) is 4.40 Å². The van der Waals surface area contributed by atoms with Crippen LogP contribution in [-0.2, 0) is 6.54 Å². The lowest BCUT2D eigenvalue weighted by atomic mass is 10.3. The SMILES string of the molecule is Cc1cc(C)n2c(CNCC3CC3)nnc2n1. The van der Waals surface area contributed by atoms with Crippen molar-refractivity contribution in [1.82, 2.24) is 24.9 Å². The molecule has 5 heteroatoms. The molecule has 1 aliphatic rings. The van der Waals surface area contributed by atoms with E-state index in [1.807, 2.05) is 11.3 Å². The second kappa shape index (κ2) is 4.07. The lowest BCUT2D eigenvalue weighted by Gasteiger charge is -2.05. The van der Waals surface area contributed by atoms with E-state index in [2.05, 4.69) is 33.5 Å². The van der Waals surface area contributed by atoms with Crippen molar-refractivity contribution >= 4 is 5.78 Å². The van der Waals surface area contributed by atoms with Gasteiger partial charge in [0, 0.05) is 11.4 Å². The number of nitrogens with one attached hydrogen (secondary N) is 1. The standard InChI is InChI=1S/C12H17N5/c1-8-5-9(2)17-11(15-16-12(17)14-8)7-13-6-10-3-4-10/h5,10,13H,3-4,6-7H2,1-2H3. The van der Waals surface area contributed by atoms with E-state index < -0.39 is 0 Å². The van der Waals surface area contributed by atoms with Crippen LogP contribution in [0, 0.1) is 19.8 Å². The van der Waals surface area contributed by atoms with Crippen LogP contribution in [0.3, 0.4) is 0 Å². The fraction of sp³-hybridized carbons (Fsp3) is 0.583. The lowest BCUT2D eigenvalue weighted by Crippen LogP contribution is -2.18. The van der Waals surface area contributed by atoms with Gasteiger partial charge in [0.05, 0.1) is 6.54 Å². The third-order valence-electron chi connectivity index (χ3n) is 3.17. The van der Waals surface area contributed by atoms with Gasteiger partial charge in [-0.1, -0.05) is 0 Å². The Morgan fingerprint density at radius 2 is 2.18 bits per heavy atom. The van der Waals surface area contributed by atoms with Gasteiger partial charge >= 0.3 is 0 Å². The quantitative estimate of drug-likeness (QED) is 0.860. The molecule has 0 saturated heterocycles. The number of rotatable bonds is 4. The first-order valence-electron chi connectivity index (χ1n) is 6.13. The van der Waals surface area contributed by atoms with Gasteiger partial charge < -0.3 is 5.32 Å². The Hall–Kier alpha value is -1.49. The Labute approximate surface area is 100 Å². The molecule has 0 bridgehead atoms. The van der Waals surface area contributed by atoms with Crippen molar-refractivity contribution in [3.63, 3.8) is 0 Å². The normalized spacial score (nSPS) is 15.6. The summed E-state index contributed by atoms with van der Waals surface area (Å²) in [6.45, 7) is 5.90. The molecule has 5 nitrogen and oxygen atoms in total. The maximum Gasteiger partial charge on any atom is 0.255 e. The van der Waals surface area contributed by atoms with Crippen LogP contribution in [0.25, 0.3) is 5.78 Å². The fourth-order valence-corrected chi connectivity index (χ4v) is 2.12. The summed E-state index contributed by atoms with van der Waals surface area (Å²) in [6.07, 6.45) is 2.74. The Morgan fingerprint density at radius 3 is 2.94 bits per heavy atom. The average molecular weight is 231 g/mol. The highest BCUT2D eigenvalue weighted by Gasteiger charge is 2.20. The lowest BCUT2D eigenvalue weighted by molar-refractivity contribution is 0.614. The third-order valence-corrected chi connectivity index (χ3v) is 3.17. The molecule has 1 N–H and O–H groups in total. The van der Waals surface area contributed by atoms with Crippen molar-refractivity contribution in [2.24, 2.45) is 5.92 Å². The van der Waals surface area contributed by atoms with Crippen molar-refractivity contribution < 1.29 is 0 Å². The number of fused-ring (bicyclic) bond motifs is 1. The van der Waals surface area contributed by atoms with Crippen LogP contribution in [0.5, 0.6) is 0 Å². The zero-order valence-electron chi connectivity index (χ0n) is 10.3. The van der Waals surface area contributed by atoms with Crippen molar-refractivity contribution in [3.05, 3.63) is 23.3 Å². The van der Waals surface area contributed by atoms with Crippen LogP contribution in [0.4, 0.5) is 0 Å². The molecule has 1 fully saturated rings. The summed E-state index contributed by atoms with van der Waals surface area (Å²) in [4.78, 5) is 4.37. The van der Waals surface area contributed by atoms with Crippen LogP contribution in [0.2, 0.25) is 0 Å². The molecule has 90 valence electrons. The van der Waals surface area contributed by atoms with Crippen LogP contribution in [-0.4, -0.2) is 26.1 Å². The van der Waals surface area contributed by atoms with E-state index in [1.54, 1.807) is 0 Å². The molecular formula is C12H17N5. The molecule has 2 aromatic rings. The first-order valence-corrected chi connectivity index (χ1v) is 6.13. The van der Waals surface area contributed by atoms with Gasteiger partial charge in [-0.2, -0.15) is 0 Å². The molecule has 3 rings (SSSR count). The minimum Gasteiger partial charge on any atom is -0.310 e. The molecule has 0 aromatic carbocycles. The molecule has 0 radical (unpaired) electrons. The Bertz CT molecular complexity index is 541. The number of hydrogen-bond acceptors (Lipinski definition) is 4. The highest BCUT2D eigenvalue weighted by atomic mass is 15.3. The topological polar surface area (TPSA) is 55.1 Å². The summed E-state index contributed by atoms with van der Waals surface area (Å²) < 4.78 is 2.02. The predicted molar refractivity (Wildman–Crippen MR) is 64.7 cm³/mol. The summed E-state index contributed by atoms with van der Waals surface area (Å²) in [5.74, 6) is 2.53. The minimum absolute atomic E-state index is 0.700. The predicted octanol–water partition coefficient (Wildman–Crippen LogP) is 1.24. The smallest absolute Gasteiger partial charge is 0.255 e. The molecule has 1 aliphatic carbocycles. The average Bonchev–Trinajstić information content (AvgIpc) is 3.00. The fourth-order valence-electron chi connectivity index (χ4n) is 2.12. The summed E-state index contributed by atoms with van der Waals surface area (Å²) in [5.41, 5.74) is 2.13. The van der Waals surface area contributed by atoms with Gasteiger partial charge in [-0.05, 0) is 45.2 Å². The zero-order valence-corrected chi connectivity index (χ0v) is 10.3. The Kier molecular flexibility index (Phi) is 2.55. The molecule has 0 atom stereocenters. The highest BCUT2D eigenvalue weighted by Crippen LogP contribution is 2.27. The molecule has 0 unspecified atom stereocenters. The molecule has 2 heterocycles. The van der Waals surface area contributed by atoms with Crippen molar-refractivity contribution in [2.45, 2.75) is 33.2 Å². The third kappa shape index (κ3) is 2.15. The van der Waals surface area contributed by atoms with Gasteiger partial charge in [0.15, 0.2) is 5.82 Å². The molecule has 0 aliphatic heterocycles. The number of hydrogen-bond donors (Lipinski definition) is 1. The summed E-state index contributed by atoms with van der Waals surface area (Å²) in [6, 6.07) is 2.06. The Balaban J connectivity index is 1.83. The number of aromatic nitrogens is 4. The Morgan fingerprint density at radius 1 is 1.35 bits per heavy atom. The van der Waals surface area contributed by atoms with Crippen LogP contribution >= 0.6 is 0 Å². The van der Waals surface area contributed by atoms with E-state index in [9.17, 15) is 0 Å². The van der Waals surface area contributed by atoms with E-state index in [0.717, 1.165) is 36.2 Å². The maximum absolute atomic E-state index is 4.37. The first-order chi connectivity index (χ1) is 8.24. The summed E-state index contributed by atoms with van der Waals surface area (Å²) in [5, 5.41) is 11.8.